The van der Waals surface area contributed by atoms with Gasteiger partial charge in [-0.25, -0.2) is 0 Å². The quantitative estimate of drug-likeness (QED) is 0.516. The van der Waals surface area contributed by atoms with E-state index in [2.05, 4.69) is 0 Å². The van der Waals surface area contributed by atoms with E-state index in [0.29, 0.717) is 0 Å². The molecule has 0 saturated carbocycles. The molecule has 2 N–H and O–H groups in total. The molecule has 0 aliphatic carbocycles. The SMILES string of the molecule is C#CCC(CC#C)(S(=O)(=O)O)S(=O)(=O)O. The molecule has 0 spiro atoms. The summed E-state index contributed by atoms with van der Waals surface area (Å²) in [4.78, 5) is 0. The Morgan fingerprint density at radius 2 is 1.20 bits per heavy atom. The third-order valence-corrected chi connectivity index (χ3v) is 5.40. The van der Waals surface area contributed by atoms with Gasteiger partial charge in [0.05, 0.1) is 0 Å². The second kappa shape index (κ2) is 4.21. The minimum absolute atomic E-state index is 0.936. The first kappa shape index (κ1) is 13.9. The Morgan fingerprint density at radius 1 is 0.933 bits per heavy atom. The molecule has 0 radical (unpaired) electrons. The zero-order chi connectivity index (χ0) is 12.3. The van der Waals surface area contributed by atoms with E-state index in [-0.39, 0.29) is 0 Å². The molecule has 0 aliphatic rings. The molecule has 6 nitrogen and oxygen atoms in total. The van der Waals surface area contributed by atoms with Crippen LogP contribution in [0.15, 0.2) is 0 Å². The second-order valence-corrected chi connectivity index (χ2v) is 6.34. The summed E-state index contributed by atoms with van der Waals surface area (Å²) < 4.78 is 58.2. The predicted octanol–water partition coefficient (Wildman–Crippen LogP) is -0.495. The van der Waals surface area contributed by atoms with Gasteiger partial charge >= 0.3 is 0 Å². The molecule has 0 unspecified atom stereocenters. The normalized spacial score (nSPS) is 12.8. The van der Waals surface area contributed by atoms with Crippen molar-refractivity contribution in [2.45, 2.75) is 16.9 Å². The first-order valence-corrected chi connectivity index (χ1v) is 6.31. The van der Waals surface area contributed by atoms with Crippen molar-refractivity contribution in [3.8, 4) is 24.7 Å². The average molecular weight is 252 g/mol. The number of rotatable bonds is 4. The van der Waals surface area contributed by atoms with Crippen molar-refractivity contribution in [1.82, 2.24) is 0 Å². The van der Waals surface area contributed by atoms with Crippen LogP contribution in [-0.2, 0) is 20.2 Å². The highest BCUT2D eigenvalue weighted by Crippen LogP contribution is 2.30. The standard InChI is InChI=1S/C7H8O6S2/c1-3-5-7(6-4-2,14(8,9)10)15(11,12)13/h1-2H,5-6H2,(H,8,9,10)(H,11,12,13). The molecule has 8 heteroatoms. The van der Waals surface area contributed by atoms with Crippen LogP contribution in [0.2, 0.25) is 0 Å². The van der Waals surface area contributed by atoms with E-state index in [1.54, 1.807) is 11.8 Å². The van der Waals surface area contributed by atoms with Crippen LogP contribution in [0.1, 0.15) is 12.8 Å². The van der Waals surface area contributed by atoms with E-state index in [1.165, 1.54) is 0 Å². The van der Waals surface area contributed by atoms with Crippen LogP contribution in [0.5, 0.6) is 0 Å². The Labute approximate surface area is 88.2 Å². The fourth-order valence-corrected chi connectivity index (χ4v) is 3.00. The average Bonchev–Trinajstić information content (AvgIpc) is 1.99. The topological polar surface area (TPSA) is 109 Å². The highest BCUT2D eigenvalue weighted by molar-refractivity contribution is 8.05. The first-order chi connectivity index (χ1) is 6.62. The van der Waals surface area contributed by atoms with Crippen LogP contribution < -0.4 is 0 Å². The van der Waals surface area contributed by atoms with Gasteiger partial charge < -0.3 is 0 Å². The molecule has 0 atom stereocenters. The zero-order valence-electron chi connectivity index (χ0n) is 7.41. The van der Waals surface area contributed by atoms with E-state index in [4.69, 9.17) is 22.0 Å². The fourth-order valence-electron chi connectivity index (χ4n) is 0.871. The summed E-state index contributed by atoms with van der Waals surface area (Å²) >= 11 is 0. The van der Waals surface area contributed by atoms with E-state index in [9.17, 15) is 16.8 Å². The van der Waals surface area contributed by atoms with Crippen molar-refractivity contribution < 1.29 is 25.9 Å². The smallest absolute Gasteiger partial charge is 0.284 e. The van der Waals surface area contributed by atoms with Gasteiger partial charge in [0.25, 0.3) is 20.2 Å². The van der Waals surface area contributed by atoms with Gasteiger partial charge in [-0.15, -0.1) is 24.7 Å². The molecule has 0 saturated heterocycles. The maximum atomic E-state index is 10.9. The van der Waals surface area contributed by atoms with Gasteiger partial charge in [0.15, 0.2) is 0 Å². The minimum atomic E-state index is -5.13. The van der Waals surface area contributed by atoms with Crippen molar-refractivity contribution in [3.05, 3.63) is 0 Å². The van der Waals surface area contributed by atoms with Crippen LogP contribution in [-0.4, -0.2) is 30.0 Å². The summed E-state index contributed by atoms with van der Waals surface area (Å²) in [5.41, 5.74) is 0. The van der Waals surface area contributed by atoms with E-state index < -0.39 is 37.2 Å². The van der Waals surface area contributed by atoms with Gasteiger partial charge in [0, 0.05) is 12.8 Å². The van der Waals surface area contributed by atoms with Gasteiger partial charge in [-0.05, 0) is 0 Å². The van der Waals surface area contributed by atoms with E-state index in [0.717, 1.165) is 0 Å². The van der Waals surface area contributed by atoms with E-state index >= 15 is 0 Å². The van der Waals surface area contributed by atoms with Gasteiger partial charge in [-0.1, -0.05) is 0 Å². The molecule has 15 heavy (non-hydrogen) atoms. The molecule has 0 aromatic carbocycles. The minimum Gasteiger partial charge on any atom is -0.284 e. The molecule has 84 valence electrons. The maximum absolute atomic E-state index is 10.9. The van der Waals surface area contributed by atoms with Gasteiger partial charge in [0.1, 0.15) is 0 Å². The summed E-state index contributed by atoms with van der Waals surface area (Å²) in [6, 6.07) is 0. The van der Waals surface area contributed by atoms with Gasteiger partial charge in [-0.3, -0.25) is 9.11 Å². The van der Waals surface area contributed by atoms with Crippen LogP contribution in [0, 0.1) is 24.7 Å². The number of hydrogen-bond donors (Lipinski definition) is 2. The molecule has 0 bridgehead atoms. The lowest BCUT2D eigenvalue weighted by Crippen LogP contribution is -2.45. The van der Waals surface area contributed by atoms with Crippen molar-refractivity contribution in [1.29, 1.82) is 0 Å². The summed E-state index contributed by atoms with van der Waals surface area (Å²) in [5, 5.41) is 0. The van der Waals surface area contributed by atoms with Crippen LogP contribution in [0.4, 0.5) is 0 Å². The lowest BCUT2D eigenvalue weighted by Gasteiger charge is -2.22. The Morgan fingerprint density at radius 3 is 1.33 bits per heavy atom. The van der Waals surface area contributed by atoms with Crippen molar-refractivity contribution >= 4 is 20.2 Å². The lowest BCUT2D eigenvalue weighted by molar-refractivity contribution is 0.423. The van der Waals surface area contributed by atoms with Crippen LogP contribution >= 0.6 is 0 Å². The summed E-state index contributed by atoms with van der Waals surface area (Å²) in [6.07, 6.45) is 7.67. The summed E-state index contributed by atoms with van der Waals surface area (Å²) in [5.74, 6) is 3.47. The van der Waals surface area contributed by atoms with Gasteiger partial charge in [0.2, 0.25) is 4.08 Å². The summed E-state index contributed by atoms with van der Waals surface area (Å²) in [6.45, 7) is 0. The van der Waals surface area contributed by atoms with Crippen molar-refractivity contribution in [3.63, 3.8) is 0 Å². The Balaban J connectivity index is 6.01. The summed E-state index contributed by atoms with van der Waals surface area (Å²) in [7, 11) is -10.3. The molecule has 0 rings (SSSR count). The second-order valence-electron chi connectivity index (χ2n) is 2.62. The predicted molar refractivity (Wildman–Crippen MR) is 52.7 cm³/mol. The zero-order valence-corrected chi connectivity index (χ0v) is 9.05. The molecular formula is C7H8O6S2. The van der Waals surface area contributed by atoms with E-state index in [1.807, 2.05) is 0 Å². The highest BCUT2D eigenvalue weighted by atomic mass is 32.3. The molecule has 0 heterocycles. The first-order valence-electron chi connectivity index (χ1n) is 3.43. The monoisotopic (exact) mass is 252 g/mol. The molecule has 0 fully saturated rings. The lowest BCUT2D eigenvalue weighted by atomic mass is 10.2. The van der Waals surface area contributed by atoms with Gasteiger partial charge in [-0.2, -0.15) is 16.8 Å². The molecule has 0 aromatic rings. The van der Waals surface area contributed by atoms with Crippen molar-refractivity contribution in [2.24, 2.45) is 0 Å². The Hall–Kier alpha value is -1.06. The van der Waals surface area contributed by atoms with Crippen LogP contribution in [0.3, 0.4) is 0 Å². The third kappa shape index (κ3) is 2.49. The number of hydrogen-bond acceptors (Lipinski definition) is 4. The van der Waals surface area contributed by atoms with Crippen LogP contribution in [0.25, 0.3) is 0 Å². The van der Waals surface area contributed by atoms with Crippen molar-refractivity contribution in [2.75, 3.05) is 0 Å². The molecular weight excluding hydrogens is 244 g/mol. The third-order valence-electron chi connectivity index (χ3n) is 1.68. The molecule has 0 amide bonds. The molecule has 0 aliphatic heterocycles. The Bertz CT molecular complexity index is 463. The fraction of sp³-hybridized carbons (Fsp3) is 0.429. The highest BCUT2D eigenvalue weighted by Gasteiger charge is 2.53. The molecule has 0 aromatic heterocycles. The number of terminal acetylenes is 2. The maximum Gasteiger partial charge on any atom is 0.289 e. The largest absolute Gasteiger partial charge is 0.289 e. The Kier molecular flexibility index (Phi) is 3.91.